The van der Waals surface area contributed by atoms with Crippen molar-refractivity contribution in [2.45, 2.75) is 52.5 Å². The summed E-state index contributed by atoms with van der Waals surface area (Å²) in [7, 11) is 0. The van der Waals surface area contributed by atoms with Crippen molar-refractivity contribution in [1.82, 2.24) is 5.32 Å². The molecule has 1 atom stereocenters. The van der Waals surface area contributed by atoms with Crippen molar-refractivity contribution in [2.75, 3.05) is 0 Å². The minimum absolute atomic E-state index is 0.0725. The molecule has 0 radical (unpaired) electrons. The molecule has 0 bridgehead atoms. The van der Waals surface area contributed by atoms with Crippen LogP contribution in [0.25, 0.3) is 0 Å². The highest BCUT2D eigenvalue weighted by Crippen LogP contribution is 2.37. The Balaban J connectivity index is 2.15. The van der Waals surface area contributed by atoms with Crippen molar-refractivity contribution in [2.24, 2.45) is 5.41 Å². The highest BCUT2D eigenvalue weighted by molar-refractivity contribution is 5.96. The quantitative estimate of drug-likeness (QED) is 0.888. The first-order valence-corrected chi connectivity index (χ1v) is 7.02. The molecule has 2 rings (SSSR count). The number of carbonyl (C=O) groups is 2. The Morgan fingerprint density at radius 3 is 2.65 bits per heavy atom. The number of furan rings is 1. The summed E-state index contributed by atoms with van der Waals surface area (Å²) in [6.45, 7) is 6.06. The van der Waals surface area contributed by atoms with E-state index in [1.54, 1.807) is 6.92 Å². The van der Waals surface area contributed by atoms with Crippen LogP contribution in [0.4, 0.5) is 0 Å². The highest BCUT2D eigenvalue weighted by Gasteiger charge is 2.36. The van der Waals surface area contributed by atoms with Crippen LogP contribution in [-0.4, -0.2) is 23.0 Å². The van der Waals surface area contributed by atoms with Crippen LogP contribution in [0.1, 0.15) is 66.7 Å². The average Bonchev–Trinajstić information content (AvgIpc) is 2.93. The minimum atomic E-state index is -1.06. The molecular formula is C15H21NO4. The molecule has 0 aliphatic heterocycles. The average molecular weight is 279 g/mol. The van der Waals surface area contributed by atoms with Crippen molar-refractivity contribution in [1.29, 1.82) is 0 Å². The zero-order valence-electron chi connectivity index (χ0n) is 12.2. The van der Waals surface area contributed by atoms with Crippen LogP contribution in [-0.2, 0) is 6.42 Å². The van der Waals surface area contributed by atoms with E-state index in [0.29, 0.717) is 12.2 Å². The fraction of sp³-hybridized carbons (Fsp3) is 0.600. The Kier molecular flexibility index (Phi) is 3.88. The van der Waals surface area contributed by atoms with Gasteiger partial charge in [0, 0.05) is 18.5 Å². The highest BCUT2D eigenvalue weighted by atomic mass is 16.4. The summed E-state index contributed by atoms with van der Waals surface area (Å²) >= 11 is 0. The van der Waals surface area contributed by atoms with Crippen LogP contribution in [0, 0.1) is 5.41 Å². The Morgan fingerprint density at radius 2 is 2.20 bits per heavy atom. The molecule has 0 saturated heterocycles. The maximum absolute atomic E-state index is 12.2. The predicted molar refractivity (Wildman–Crippen MR) is 73.9 cm³/mol. The van der Waals surface area contributed by atoms with Crippen molar-refractivity contribution >= 4 is 11.9 Å². The number of aromatic carboxylic acids is 1. The molecule has 1 saturated carbocycles. The maximum atomic E-state index is 12.2. The van der Waals surface area contributed by atoms with Crippen LogP contribution in [0.2, 0.25) is 0 Å². The second-order valence-corrected chi connectivity index (χ2v) is 6.01. The molecular weight excluding hydrogens is 258 g/mol. The van der Waals surface area contributed by atoms with Crippen molar-refractivity contribution in [3.8, 4) is 0 Å². The number of hydrogen-bond acceptors (Lipinski definition) is 3. The number of carboxylic acid groups (broad SMARTS) is 1. The number of carbonyl (C=O) groups excluding carboxylic acids is 1. The number of carboxylic acids is 1. The second-order valence-electron chi connectivity index (χ2n) is 6.01. The Bertz CT molecular complexity index is 530. The lowest BCUT2D eigenvalue weighted by atomic mass is 9.87. The zero-order valence-corrected chi connectivity index (χ0v) is 12.2. The van der Waals surface area contributed by atoms with E-state index in [2.05, 4.69) is 19.2 Å². The summed E-state index contributed by atoms with van der Waals surface area (Å²) in [5, 5.41) is 12.0. The summed E-state index contributed by atoms with van der Waals surface area (Å²) < 4.78 is 5.37. The fourth-order valence-electron chi connectivity index (χ4n) is 2.81. The van der Waals surface area contributed by atoms with Gasteiger partial charge in [-0.3, -0.25) is 4.79 Å². The minimum Gasteiger partial charge on any atom is -0.478 e. The number of amides is 1. The van der Waals surface area contributed by atoms with Gasteiger partial charge in [0.25, 0.3) is 5.91 Å². The van der Waals surface area contributed by atoms with Gasteiger partial charge in [-0.2, -0.15) is 0 Å². The molecule has 1 amide bonds. The van der Waals surface area contributed by atoms with Gasteiger partial charge in [0.1, 0.15) is 11.3 Å². The van der Waals surface area contributed by atoms with Gasteiger partial charge in [-0.05, 0) is 18.3 Å². The summed E-state index contributed by atoms with van der Waals surface area (Å²) in [6.07, 6.45) is 3.57. The van der Waals surface area contributed by atoms with Gasteiger partial charge in [0.2, 0.25) is 0 Å². The first-order valence-electron chi connectivity index (χ1n) is 7.02. The molecule has 110 valence electrons. The predicted octanol–water partition coefficient (Wildman–Crippen LogP) is 2.85. The Hall–Kier alpha value is -1.78. The van der Waals surface area contributed by atoms with Crippen LogP contribution >= 0.6 is 0 Å². The van der Waals surface area contributed by atoms with Crippen molar-refractivity contribution < 1.29 is 19.1 Å². The summed E-state index contributed by atoms with van der Waals surface area (Å²) in [4.78, 5) is 23.3. The van der Waals surface area contributed by atoms with E-state index in [4.69, 9.17) is 9.52 Å². The molecule has 1 aromatic heterocycles. The molecule has 1 aromatic rings. The fourth-order valence-corrected chi connectivity index (χ4v) is 2.81. The maximum Gasteiger partial charge on any atom is 0.339 e. The van der Waals surface area contributed by atoms with E-state index >= 15 is 0 Å². The molecule has 20 heavy (non-hydrogen) atoms. The van der Waals surface area contributed by atoms with Crippen LogP contribution in [0.15, 0.2) is 10.5 Å². The first-order chi connectivity index (χ1) is 9.35. The molecule has 1 aliphatic carbocycles. The van der Waals surface area contributed by atoms with Crippen LogP contribution in [0.5, 0.6) is 0 Å². The Labute approximate surface area is 118 Å². The Morgan fingerprint density at radius 1 is 1.50 bits per heavy atom. The second kappa shape index (κ2) is 5.31. The van der Waals surface area contributed by atoms with Gasteiger partial charge in [0.15, 0.2) is 5.76 Å². The third-order valence-electron chi connectivity index (χ3n) is 4.15. The van der Waals surface area contributed by atoms with Gasteiger partial charge in [-0.25, -0.2) is 4.79 Å². The molecule has 0 spiro atoms. The molecule has 1 heterocycles. The van der Waals surface area contributed by atoms with Crippen molar-refractivity contribution in [3.05, 3.63) is 23.2 Å². The SMILES string of the molecule is CCc1oc(C(=O)NC2CCCC2(C)C)cc1C(=O)O. The molecule has 1 fully saturated rings. The lowest BCUT2D eigenvalue weighted by molar-refractivity contribution is 0.0694. The summed E-state index contributed by atoms with van der Waals surface area (Å²) in [5.41, 5.74) is 0.147. The van der Waals surface area contributed by atoms with Gasteiger partial charge >= 0.3 is 5.97 Å². The largest absolute Gasteiger partial charge is 0.478 e. The molecule has 5 heteroatoms. The number of nitrogens with one attached hydrogen (secondary N) is 1. The molecule has 5 nitrogen and oxygen atoms in total. The molecule has 2 N–H and O–H groups in total. The van der Waals surface area contributed by atoms with Crippen LogP contribution in [0.3, 0.4) is 0 Å². The number of rotatable bonds is 4. The van der Waals surface area contributed by atoms with Gasteiger partial charge in [-0.1, -0.05) is 27.2 Å². The van der Waals surface area contributed by atoms with E-state index < -0.39 is 5.97 Å². The third-order valence-corrected chi connectivity index (χ3v) is 4.15. The van der Waals surface area contributed by atoms with E-state index in [-0.39, 0.29) is 28.7 Å². The normalized spacial score (nSPS) is 20.9. The number of aryl methyl sites for hydroxylation is 1. The number of hydrogen-bond donors (Lipinski definition) is 2. The molecule has 1 aliphatic rings. The standard InChI is InChI=1S/C15H21NO4/c1-4-10-9(14(18)19)8-11(20-10)13(17)16-12-6-5-7-15(12,2)3/h8,12H,4-7H2,1-3H3,(H,16,17)(H,18,19). The van der Waals surface area contributed by atoms with Crippen molar-refractivity contribution in [3.63, 3.8) is 0 Å². The van der Waals surface area contributed by atoms with Gasteiger partial charge in [-0.15, -0.1) is 0 Å². The van der Waals surface area contributed by atoms with Crippen LogP contribution < -0.4 is 5.32 Å². The summed E-state index contributed by atoms with van der Waals surface area (Å²) in [5.74, 6) is -0.965. The zero-order chi connectivity index (χ0) is 14.9. The smallest absolute Gasteiger partial charge is 0.339 e. The van der Waals surface area contributed by atoms with E-state index in [9.17, 15) is 9.59 Å². The van der Waals surface area contributed by atoms with Gasteiger partial charge in [0.05, 0.1) is 0 Å². The lowest BCUT2D eigenvalue weighted by Crippen LogP contribution is -2.41. The van der Waals surface area contributed by atoms with E-state index in [0.717, 1.165) is 19.3 Å². The monoisotopic (exact) mass is 279 g/mol. The van der Waals surface area contributed by atoms with Gasteiger partial charge < -0.3 is 14.8 Å². The van der Waals surface area contributed by atoms with E-state index in [1.807, 2.05) is 0 Å². The molecule has 1 unspecified atom stereocenters. The first kappa shape index (κ1) is 14.6. The molecule has 0 aromatic carbocycles. The topological polar surface area (TPSA) is 79.5 Å². The lowest BCUT2D eigenvalue weighted by Gasteiger charge is -2.27. The van der Waals surface area contributed by atoms with E-state index in [1.165, 1.54) is 6.07 Å². The summed E-state index contributed by atoms with van der Waals surface area (Å²) in [6, 6.07) is 1.43. The third kappa shape index (κ3) is 2.71.